The number of aromatic nitrogens is 4. The van der Waals surface area contributed by atoms with E-state index in [1.165, 1.54) is 28.2 Å². The van der Waals surface area contributed by atoms with Crippen LogP contribution in [-0.4, -0.2) is 52.8 Å². The number of H-pyrrole nitrogens is 1. The van der Waals surface area contributed by atoms with Crippen LogP contribution in [0.3, 0.4) is 0 Å². The number of nitrogens with zero attached hydrogens (tertiary/aromatic N) is 4. The molecule has 0 spiro atoms. The summed E-state index contributed by atoms with van der Waals surface area (Å²) >= 11 is 4.93. The Hall–Kier alpha value is -2.02. The van der Waals surface area contributed by atoms with Gasteiger partial charge in [0.15, 0.2) is 0 Å². The molecule has 0 saturated carbocycles. The molecule has 152 valence electrons. The van der Waals surface area contributed by atoms with Crippen LogP contribution in [0.5, 0.6) is 5.75 Å². The first-order valence-corrected chi connectivity index (χ1v) is 11.7. The highest BCUT2D eigenvalue weighted by Gasteiger charge is 2.38. The van der Waals surface area contributed by atoms with Gasteiger partial charge < -0.3 is 4.74 Å². The van der Waals surface area contributed by atoms with Crippen LogP contribution in [0.2, 0.25) is 0 Å². The molecule has 3 aromatic rings. The summed E-state index contributed by atoms with van der Waals surface area (Å²) < 4.78 is 48.7. The highest BCUT2D eigenvalue weighted by atomic mass is 79.9. The highest BCUT2D eigenvalue weighted by molar-refractivity contribution is 9.10. The minimum atomic E-state index is -3.92. The number of ether oxygens (including phenoxy) is 1. The average Bonchev–Trinajstić information content (AvgIpc) is 3.40. The summed E-state index contributed by atoms with van der Waals surface area (Å²) in [4.78, 5) is -0.0415. The zero-order chi connectivity index (χ0) is 20.6. The summed E-state index contributed by atoms with van der Waals surface area (Å²) in [6.07, 6.45) is 0. The second kappa shape index (κ2) is 8.01. The van der Waals surface area contributed by atoms with E-state index in [0.29, 0.717) is 18.0 Å². The first kappa shape index (κ1) is 20.3. The molecule has 1 unspecified atom stereocenters. The first-order chi connectivity index (χ1) is 13.9. The molecule has 0 amide bonds. The van der Waals surface area contributed by atoms with Gasteiger partial charge in [-0.25, -0.2) is 12.8 Å². The van der Waals surface area contributed by atoms with E-state index in [1.807, 2.05) is 12.1 Å². The Morgan fingerprint density at radius 2 is 2.14 bits per heavy atom. The monoisotopic (exact) mass is 499 g/mol. The van der Waals surface area contributed by atoms with Gasteiger partial charge in [-0.1, -0.05) is 15.9 Å². The fourth-order valence-electron chi connectivity index (χ4n) is 3.09. The van der Waals surface area contributed by atoms with E-state index >= 15 is 0 Å². The van der Waals surface area contributed by atoms with Gasteiger partial charge in [0.2, 0.25) is 15.8 Å². The number of nitrogens with one attached hydrogen (secondary N) is 1. The van der Waals surface area contributed by atoms with E-state index in [4.69, 9.17) is 4.74 Å². The Labute approximate surface area is 179 Å². The molecule has 8 nitrogen and oxygen atoms in total. The molecule has 1 atom stereocenters. The van der Waals surface area contributed by atoms with Gasteiger partial charge in [0.1, 0.15) is 11.6 Å². The topological polar surface area (TPSA) is 101 Å². The van der Waals surface area contributed by atoms with E-state index < -0.39 is 21.2 Å². The molecular weight excluding hydrogens is 485 g/mol. The molecule has 29 heavy (non-hydrogen) atoms. The van der Waals surface area contributed by atoms with Crippen molar-refractivity contribution in [1.82, 2.24) is 24.9 Å². The Morgan fingerprint density at radius 3 is 2.86 bits per heavy atom. The third-order valence-corrected chi connectivity index (χ3v) is 8.17. The van der Waals surface area contributed by atoms with Gasteiger partial charge in [-0.3, -0.25) is 0 Å². The number of thioether (sulfide) groups is 1. The molecule has 1 fully saturated rings. The Kier molecular flexibility index (Phi) is 5.60. The van der Waals surface area contributed by atoms with Crippen LogP contribution < -0.4 is 4.74 Å². The number of methoxy groups -OCH3 is 1. The highest BCUT2D eigenvalue weighted by Crippen LogP contribution is 2.45. The van der Waals surface area contributed by atoms with Crippen molar-refractivity contribution in [2.24, 2.45) is 0 Å². The normalized spacial score (nSPS) is 17.6. The van der Waals surface area contributed by atoms with Crippen molar-refractivity contribution < 1.29 is 17.5 Å². The molecule has 0 radical (unpaired) electrons. The summed E-state index contributed by atoms with van der Waals surface area (Å²) in [5.74, 6) is 0.574. The fourth-order valence-corrected chi connectivity index (χ4v) is 6.74. The van der Waals surface area contributed by atoms with Crippen molar-refractivity contribution in [3.63, 3.8) is 0 Å². The minimum absolute atomic E-state index is 0.0134. The van der Waals surface area contributed by atoms with Gasteiger partial charge >= 0.3 is 0 Å². The molecule has 0 bridgehead atoms. The van der Waals surface area contributed by atoms with Gasteiger partial charge in [0.05, 0.1) is 22.9 Å². The average molecular weight is 500 g/mol. The number of hydrogen-bond acceptors (Lipinski definition) is 7. The van der Waals surface area contributed by atoms with Crippen LogP contribution in [0.15, 0.2) is 45.8 Å². The fraction of sp³-hybridized carbons (Fsp3) is 0.235. The van der Waals surface area contributed by atoms with Crippen molar-refractivity contribution in [1.29, 1.82) is 0 Å². The molecule has 1 aliphatic rings. The van der Waals surface area contributed by atoms with Gasteiger partial charge in [0, 0.05) is 22.3 Å². The predicted molar refractivity (Wildman–Crippen MR) is 109 cm³/mol. The van der Waals surface area contributed by atoms with Crippen LogP contribution in [0.4, 0.5) is 4.39 Å². The van der Waals surface area contributed by atoms with E-state index in [-0.39, 0.29) is 16.3 Å². The minimum Gasteiger partial charge on any atom is -0.496 e. The molecule has 1 saturated heterocycles. The summed E-state index contributed by atoms with van der Waals surface area (Å²) in [6.45, 7) is 0.322. The standard InChI is InChI=1S/C17H15BrFN5O3S2/c1-27-15-5-2-10(18)8-13(15)17-24(6-7-28-17)29(25,26)11-3-4-14(19)12(9-11)16-20-22-23-21-16/h2-5,8-9,17H,6-7H2,1H3,(H,20,21,22,23). The lowest BCUT2D eigenvalue weighted by Gasteiger charge is -2.25. The smallest absolute Gasteiger partial charge is 0.244 e. The summed E-state index contributed by atoms with van der Waals surface area (Å²) in [5.41, 5.74) is 0.705. The number of rotatable bonds is 5. The maximum Gasteiger partial charge on any atom is 0.244 e. The van der Waals surface area contributed by atoms with Crippen molar-refractivity contribution in [3.05, 3.63) is 52.3 Å². The number of tetrazole rings is 1. The quantitative estimate of drug-likeness (QED) is 0.574. The second-order valence-electron chi connectivity index (χ2n) is 6.10. The number of halogens is 2. The SMILES string of the molecule is COc1ccc(Br)cc1C1SCCN1S(=O)(=O)c1ccc(F)c(-c2nn[nH]n2)c1. The van der Waals surface area contributed by atoms with Crippen molar-refractivity contribution in [3.8, 4) is 17.1 Å². The summed E-state index contributed by atoms with van der Waals surface area (Å²) in [7, 11) is -2.37. The van der Waals surface area contributed by atoms with Gasteiger partial charge in [-0.05, 0) is 41.6 Å². The van der Waals surface area contributed by atoms with Crippen LogP contribution in [-0.2, 0) is 10.0 Å². The molecule has 0 aliphatic carbocycles. The second-order valence-corrected chi connectivity index (χ2v) is 10.1. The molecule has 2 aromatic carbocycles. The van der Waals surface area contributed by atoms with Gasteiger partial charge in [0.25, 0.3) is 0 Å². The van der Waals surface area contributed by atoms with Crippen LogP contribution in [0.25, 0.3) is 11.4 Å². The van der Waals surface area contributed by atoms with E-state index in [1.54, 1.807) is 13.2 Å². The largest absolute Gasteiger partial charge is 0.496 e. The Morgan fingerprint density at radius 1 is 1.31 bits per heavy atom. The molecule has 12 heteroatoms. The van der Waals surface area contributed by atoms with Crippen molar-refractivity contribution in [2.75, 3.05) is 19.4 Å². The predicted octanol–water partition coefficient (Wildman–Crippen LogP) is 3.21. The number of sulfonamides is 1. The Balaban J connectivity index is 1.76. The molecule has 1 aromatic heterocycles. The third kappa shape index (κ3) is 3.77. The van der Waals surface area contributed by atoms with Crippen LogP contribution in [0, 0.1) is 5.82 Å². The summed E-state index contributed by atoms with van der Waals surface area (Å²) in [6, 6.07) is 9.03. The maximum absolute atomic E-state index is 14.2. The number of benzene rings is 2. The zero-order valence-corrected chi connectivity index (χ0v) is 18.3. The lowest BCUT2D eigenvalue weighted by molar-refractivity contribution is 0.390. The van der Waals surface area contributed by atoms with E-state index in [0.717, 1.165) is 16.1 Å². The Bertz CT molecular complexity index is 1140. The summed E-state index contributed by atoms with van der Waals surface area (Å²) in [5, 5.41) is 12.7. The lowest BCUT2D eigenvalue weighted by Crippen LogP contribution is -2.30. The molecular formula is C17H15BrFN5O3S2. The van der Waals surface area contributed by atoms with Crippen molar-refractivity contribution >= 4 is 37.7 Å². The van der Waals surface area contributed by atoms with Crippen molar-refractivity contribution in [2.45, 2.75) is 10.3 Å². The number of hydrogen-bond donors (Lipinski definition) is 1. The number of aromatic amines is 1. The van der Waals surface area contributed by atoms with E-state index in [2.05, 4.69) is 36.6 Å². The van der Waals surface area contributed by atoms with Gasteiger partial charge in [-0.2, -0.15) is 9.52 Å². The molecule has 1 aliphatic heterocycles. The van der Waals surface area contributed by atoms with E-state index in [9.17, 15) is 12.8 Å². The third-order valence-electron chi connectivity index (χ3n) is 4.44. The molecule has 4 rings (SSSR count). The zero-order valence-electron chi connectivity index (χ0n) is 15.0. The molecule has 2 heterocycles. The first-order valence-electron chi connectivity index (χ1n) is 8.42. The molecule has 1 N–H and O–H groups in total. The maximum atomic E-state index is 14.2. The van der Waals surface area contributed by atoms with Gasteiger partial charge in [-0.15, -0.1) is 22.0 Å². The van der Waals surface area contributed by atoms with Crippen LogP contribution in [0.1, 0.15) is 10.9 Å². The van der Waals surface area contributed by atoms with Crippen LogP contribution >= 0.6 is 27.7 Å². The lowest BCUT2D eigenvalue weighted by atomic mass is 10.2.